The lowest BCUT2D eigenvalue weighted by Crippen LogP contribution is -2.04. The Balaban J connectivity index is 1.64. The van der Waals surface area contributed by atoms with Crippen LogP contribution >= 0.6 is 11.8 Å². The summed E-state index contributed by atoms with van der Waals surface area (Å²) in [7, 11) is 1.93. The molecule has 29 heavy (non-hydrogen) atoms. The highest BCUT2D eigenvalue weighted by molar-refractivity contribution is 7.98. The zero-order valence-electron chi connectivity index (χ0n) is 16.5. The molecule has 0 saturated carbocycles. The van der Waals surface area contributed by atoms with Crippen LogP contribution in [0.2, 0.25) is 0 Å². The van der Waals surface area contributed by atoms with Gasteiger partial charge in [-0.1, -0.05) is 42.1 Å². The van der Waals surface area contributed by atoms with Gasteiger partial charge in [-0.25, -0.2) is 0 Å². The minimum atomic E-state index is 0.650. The Hall–Kier alpha value is -3.06. The third-order valence-corrected chi connectivity index (χ3v) is 5.44. The second kappa shape index (κ2) is 8.96. The first-order valence-corrected chi connectivity index (χ1v) is 10.5. The van der Waals surface area contributed by atoms with E-state index in [0.29, 0.717) is 13.0 Å². The van der Waals surface area contributed by atoms with E-state index in [1.54, 1.807) is 11.8 Å². The lowest BCUT2D eigenvalue weighted by atomic mass is 10.1. The average molecular weight is 406 g/mol. The third-order valence-electron chi connectivity index (χ3n) is 4.44. The summed E-state index contributed by atoms with van der Waals surface area (Å²) in [4.78, 5) is 0. The van der Waals surface area contributed by atoms with E-state index < -0.39 is 0 Å². The van der Waals surface area contributed by atoms with Crippen LogP contribution in [0.5, 0.6) is 5.75 Å². The highest BCUT2D eigenvalue weighted by Gasteiger charge is 2.15. The molecule has 0 aliphatic carbocycles. The molecule has 0 aliphatic rings. The lowest BCUT2D eigenvalue weighted by molar-refractivity contribution is 0.340. The highest BCUT2D eigenvalue weighted by Crippen LogP contribution is 2.27. The van der Waals surface area contributed by atoms with E-state index >= 15 is 0 Å². The molecular weight excluding hydrogens is 382 g/mol. The van der Waals surface area contributed by atoms with E-state index in [1.807, 2.05) is 61.4 Å². The van der Waals surface area contributed by atoms with E-state index in [9.17, 15) is 0 Å². The number of aromatic nitrogens is 5. The summed E-state index contributed by atoms with van der Waals surface area (Å²) in [5.41, 5.74) is 3.39. The summed E-state index contributed by atoms with van der Waals surface area (Å²) >= 11 is 1.66. The van der Waals surface area contributed by atoms with Crippen molar-refractivity contribution < 1.29 is 4.74 Å². The molecule has 6 nitrogen and oxygen atoms in total. The number of hydrogen-bond acceptors (Lipinski definition) is 5. The topological polar surface area (TPSA) is 57.8 Å². The maximum atomic E-state index is 5.59. The third kappa shape index (κ3) is 4.68. The predicted molar refractivity (Wildman–Crippen MR) is 115 cm³/mol. The minimum absolute atomic E-state index is 0.650. The van der Waals surface area contributed by atoms with E-state index in [-0.39, 0.29) is 0 Å². The molecule has 7 heteroatoms. The number of thioether (sulfide) groups is 1. The number of aryl methyl sites for hydroxylation is 1. The predicted octanol–water partition coefficient (Wildman–Crippen LogP) is 4.28. The van der Waals surface area contributed by atoms with Crippen molar-refractivity contribution in [3.8, 4) is 11.4 Å². The zero-order chi connectivity index (χ0) is 20.1. The number of benzene rings is 2. The molecule has 148 valence electrons. The Kier molecular flexibility index (Phi) is 5.95. The molecule has 0 spiro atoms. The molecule has 0 aliphatic heterocycles. The highest BCUT2D eigenvalue weighted by atomic mass is 32.2. The summed E-state index contributed by atoms with van der Waals surface area (Å²) in [6.07, 6.45) is 4.62. The minimum Gasteiger partial charge on any atom is -0.494 e. The number of nitrogens with zero attached hydrogens (tertiary/aromatic N) is 5. The molecular formula is C22H23N5OS. The monoisotopic (exact) mass is 405 g/mol. The van der Waals surface area contributed by atoms with Gasteiger partial charge in [0.15, 0.2) is 5.16 Å². The lowest BCUT2D eigenvalue weighted by Gasteiger charge is -2.11. The van der Waals surface area contributed by atoms with Crippen molar-refractivity contribution in [1.82, 2.24) is 24.5 Å². The molecule has 0 fully saturated rings. The van der Waals surface area contributed by atoms with Crippen LogP contribution in [0, 0.1) is 0 Å². The molecule has 0 N–H and O–H groups in total. The number of hydrogen-bond donors (Lipinski definition) is 0. The first-order valence-electron chi connectivity index (χ1n) is 9.54. The van der Waals surface area contributed by atoms with Crippen molar-refractivity contribution >= 4 is 11.8 Å². The van der Waals surface area contributed by atoms with Crippen molar-refractivity contribution in [2.45, 2.75) is 24.3 Å². The van der Waals surface area contributed by atoms with Crippen molar-refractivity contribution in [2.24, 2.45) is 7.05 Å². The fourth-order valence-electron chi connectivity index (χ4n) is 3.10. The number of rotatable bonds is 8. The maximum Gasteiger partial charge on any atom is 0.196 e. The molecule has 0 bridgehead atoms. The first-order chi connectivity index (χ1) is 14.2. The smallest absolute Gasteiger partial charge is 0.196 e. The Morgan fingerprint density at radius 2 is 1.76 bits per heavy atom. The van der Waals surface area contributed by atoms with Crippen LogP contribution in [0.25, 0.3) is 5.69 Å². The van der Waals surface area contributed by atoms with Crippen LogP contribution in [0.1, 0.15) is 23.9 Å². The summed E-state index contributed by atoms with van der Waals surface area (Å²) < 4.78 is 9.53. The summed E-state index contributed by atoms with van der Waals surface area (Å²) in [6, 6.07) is 18.4. The Morgan fingerprint density at radius 1 is 0.966 bits per heavy atom. The molecule has 4 rings (SSSR count). The van der Waals surface area contributed by atoms with Crippen LogP contribution < -0.4 is 4.74 Å². The Labute approximate surface area is 174 Å². The van der Waals surface area contributed by atoms with E-state index in [1.165, 1.54) is 5.56 Å². The second-order valence-electron chi connectivity index (χ2n) is 6.63. The van der Waals surface area contributed by atoms with Crippen LogP contribution in [0.3, 0.4) is 0 Å². The fourth-order valence-corrected chi connectivity index (χ4v) is 3.98. The molecule has 0 amide bonds. The number of ether oxygens (including phenoxy) is 1. The van der Waals surface area contributed by atoms with Gasteiger partial charge < -0.3 is 4.74 Å². The van der Waals surface area contributed by atoms with Crippen molar-refractivity contribution in [1.29, 1.82) is 0 Å². The maximum absolute atomic E-state index is 5.59. The molecule has 0 unspecified atom stereocenters. The summed E-state index contributed by atoms with van der Waals surface area (Å²) in [5, 5.41) is 14.1. The van der Waals surface area contributed by atoms with Crippen LogP contribution in [0.15, 0.2) is 72.1 Å². The van der Waals surface area contributed by atoms with E-state index in [4.69, 9.17) is 4.74 Å². The van der Waals surface area contributed by atoms with Gasteiger partial charge in [-0.2, -0.15) is 5.10 Å². The van der Waals surface area contributed by atoms with Gasteiger partial charge >= 0.3 is 0 Å². The van der Waals surface area contributed by atoms with Crippen molar-refractivity contribution in [2.75, 3.05) is 6.61 Å². The van der Waals surface area contributed by atoms with Crippen LogP contribution in [0.4, 0.5) is 0 Å². The van der Waals surface area contributed by atoms with Gasteiger partial charge in [0.05, 0.1) is 12.8 Å². The summed E-state index contributed by atoms with van der Waals surface area (Å²) in [5.74, 6) is 2.56. The largest absolute Gasteiger partial charge is 0.494 e. The molecule has 0 saturated heterocycles. The molecule has 2 heterocycles. The van der Waals surface area contributed by atoms with Crippen LogP contribution in [-0.4, -0.2) is 31.2 Å². The van der Waals surface area contributed by atoms with E-state index in [2.05, 4.69) is 44.1 Å². The zero-order valence-corrected chi connectivity index (χ0v) is 17.3. The molecule has 0 radical (unpaired) electrons. The van der Waals surface area contributed by atoms with Gasteiger partial charge in [0.1, 0.15) is 11.6 Å². The second-order valence-corrected chi connectivity index (χ2v) is 7.58. The molecule has 2 aromatic carbocycles. The summed E-state index contributed by atoms with van der Waals surface area (Å²) in [6.45, 7) is 2.64. The Bertz CT molecular complexity index is 1060. The molecule has 4 aromatic rings. The molecule has 0 atom stereocenters. The van der Waals surface area contributed by atoms with Gasteiger partial charge in [0.2, 0.25) is 0 Å². The van der Waals surface area contributed by atoms with Gasteiger partial charge in [-0.05, 0) is 36.8 Å². The van der Waals surface area contributed by atoms with Gasteiger partial charge in [0.25, 0.3) is 0 Å². The van der Waals surface area contributed by atoms with E-state index in [0.717, 1.165) is 33.7 Å². The first kappa shape index (κ1) is 19.3. The standard InChI is InChI=1S/C22H23N5OS/c1-3-28-20-11-9-19(10-12-20)27-21(13-17-7-5-4-6-8-17)24-25-22(27)29-16-18-14-23-26(2)15-18/h4-12,14-15H,3,13,16H2,1-2H3. The normalized spacial score (nSPS) is 11.0. The van der Waals surface area contributed by atoms with Gasteiger partial charge in [0, 0.05) is 36.7 Å². The Morgan fingerprint density at radius 3 is 2.45 bits per heavy atom. The quantitative estimate of drug-likeness (QED) is 0.410. The van der Waals surface area contributed by atoms with Gasteiger partial charge in [-0.15, -0.1) is 10.2 Å². The van der Waals surface area contributed by atoms with Crippen molar-refractivity contribution in [3.63, 3.8) is 0 Å². The average Bonchev–Trinajstić information content (AvgIpc) is 3.34. The molecule has 2 aromatic heterocycles. The fraction of sp³-hybridized carbons (Fsp3) is 0.227. The van der Waals surface area contributed by atoms with Gasteiger partial charge in [-0.3, -0.25) is 9.25 Å². The SMILES string of the molecule is CCOc1ccc(-n2c(Cc3ccccc3)nnc2SCc2cnn(C)c2)cc1. The van der Waals surface area contributed by atoms with Crippen LogP contribution in [-0.2, 0) is 19.2 Å². The van der Waals surface area contributed by atoms with Crippen molar-refractivity contribution in [3.05, 3.63) is 83.9 Å².